The van der Waals surface area contributed by atoms with Gasteiger partial charge in [0, 0.05) is 43.5 Å². The summed E-state index contributed by atoms with van der Waals surface area (Å²) in [7, 11) is 0. The first-order valence-electron chi connectivity index (χ1n) is 7.20. The Balaban J connectivity index is 2.04. The van der Waals surface area contributed by atoms with E-state index in [0.29, 0.717) is 5.56 Å². The predicted molar refractivity (Wildman–Crippen MR) is 81.3 cm³/mol. The van der Waals surface area contributed by atoms with Crippen molar-refractivity contribution in [2.45, 2.75) is 26.3 Å². The number of anilines is 1. The molecule has 0 aromatic heterocycles. The number of piperazine rings is 1. The van der Waals surface area contributed by atoms with Gasteiger partial charge in [-0.2, -0.15) is 5.26 Å². The molecular weight excluding hydrogens is 268 g/mol. The van der Waals surface area contributed by atoms with Gasteiger partial charge in [-0.3, -0.25) is 15.0 Å². The Kier molecular flexibility index (Phi) is 4.76. The van der Waals surface area contributed by atoms with E-state index in [9.17, 15) is 10.1 Å². The average molecular weight is 288 g/mol. The van der Waals surface area contributed by atoms with Gasteiger partial charge < -0.3 is 4.90 Å². The smallest absolute Gasteiger partial charge is 0.272 e. The Morgan fingerprint density at radius 2 is 2.05 bits per heavy atom. The quantitative estimate of drug-likeness (QED) is 0.628. The minimum Gasteiger partial charge on any atom is -0.369 e. The van der Waals surface area contributed by atoms with E-state index in [-0.39, 0.29) is 16.7 Å². The maximum atomic E-state index is 10.8. The lowest BCUT2D eigenvalue weighted by molar-refractivity contribution is -0.385. The molecule has 1 fully saturated rings. The first-order chi connectivity index (χ1) is 10.1. The van der Waals surface area contributed by atoms with Crippen LogP contribution in [-0.2, 0) is 0 Å². The molecule has 1 aromatic carbocycles. The molecule has 112 valence electrons. The molecule has 1 unspecified atom stereocenters. The van der Waals surface area contributed by atoms with E-state index in [0.717, 1.165) is 38.3 Å². The third-order valence-electron chi connectivity index (χ3n) is 4.03. The number of nitriles is 1. The molecule has 0 amide bonds. The van der Waals surface area contributed by atoms with Crippen LogP contribution < -0.4 is 4.90 Å². The van der Waals surface area contributed by atoms with Gasteiger partial charge in [0.15, 0.2) is 0 Å². The normalized spacial score (nSPS) is 17.3. The number of hydrogen-bond acceptors (Lipinski definition) is 5. The van der Waals surface area contributed by atoms with Gasteiger partial charge in [-0.15, -0.1) is 0 Å². The van der Waals surface area contributed by atoms with Crippen molar-refractivity contribution < 1.29 is 4.92 Å². The predicted octanol–water partition coefficient (Wildman–Crippen LogP) is 2.33. The monoisotopic (exact) mass is 288 g/mol. The third kappa shape index (κ3) is 3.31. The summed E-state index contributed by atoms with van der Waals surface area (Å²) in [5.41, 5.74) is 1.86. The first kappa shape index (κ1) is 15.3. The van der Waals surface area contributed by atoms with Crippen LogP contribution in [0.3, 0.4) is 0 Å². The molecule has 2 rings (SSSR count). The van der Waals surface area contributed by atoms with Crippen molar-refractivity contribution in [3.05, 3.63) is 33.9 Å². The molecule has 1 aliphatic heterocycles. The molecule has 1 heterocycles. The highest BCUT2D eigenvalue weighted by atomic mass is 16.6. The Bertz CT molecular complexity index is 559. The zero-order valence-corrected chi connectivity index (χ0v) is 12.5. The van der Waals surface area contributed by atoms with Crippen LogP contribution in [0.4, 0.5) is 11.4 Å². The van der Waals surface area contributed by atoms with Gasteiger partial charge in [0.05, 0.1) is 17.0 Å². The van der Waals surface area contributed by atoms with Gasteiger partial charge >= 0.3 is 0 Å². The lowest BCUT2D eigenvalue weighted by Gasteiger charge is -2.37. The molecule has 6 heteroatoms. The van der Waals surface area contributed by atoms with E-state index in [2.05, 4.69) is 15.9 Å². The highest BCUT2D eigenvalue weighted by Gasteiger charge is 2.23. The standard InChI is InChI=1S/C15H20N4O2/c1-3-13(11-16)17-6-8-18(9-7-17)14-4-5-15(19(20)21)12(2)10-14/h4-5,10,13H,3,6-9H2,1-2H3. The molecule has 21 heavy (non-hydrogen) atoms. The van der Waals surface area contributed by atoms with Gasteiger partial charge in [0.2, 0.25) is 0 Å². The SMILES string of the molecule is CCC(C#N)N1CCN(c2ccc([N+](=O)[O-])c(C)c2)CC1. The number of nitrogens with zero attached hydrogens (tertiary/aromatic N) is 4. The number of hydrogen-bond donors (Lipinski definition) is 0. The van der Waals surface area contributed by atoms with Crippen molar-refractivity contribution in [2.24, 2.45) is 0 Å². The van der Waals surface area contributed by atoms with Gasteiger partial charge in [0.25, 0.3) is 5.69 Å². The van der Waals surface area contributed by atoms with Gasteiger partial charge in [-0.25, -0.2) is 0 Å². The number of aryl methyl sites for hydroxylation is 1. The summed E-state index contributed by atoms with van der Waals surface area (Å²) in [4.78, 5) is 14.9. The largest absolute Gasteiger partial charge is 0.369 e. The molecule has 1 atom stereocenters. The number of nitro benzene ring substituents is 1. The van der Waals surface area contributed by atoms with Crippen LogP contribution in [0, 0.1) is 28.4 Å². The van der Waals surface area contributed by atoms with Crippen molar-refractivity contribution in [1.82, 2.24) is 4.90 Å². The van der Waals surface area contributed by atoms with Crippen LogP contribution in [0.2, 0.25) is 0 Å². The van der Waals surface area contributed by atoms with Crippen LogP contribution in [-0.4, -0.2) is 42.0 Å². The van der Waals surface area contributed by atoms with Crippen molar-refractivity contribution in [1.29, 1.82) is 5.26 Å². The molecule has 1 aromatic rings. The van der Waals surface area contributed by atoms with E-state index in [1.54, 1.807) is 13.0 Å². The van der Waals surface area contributed by atoms with E-state index >= 15 is 0 Å². The second-order valence-corrected chi connectivity index (χ2v) is 5.30. The number of benzene rings is 1. The van der Waals surface area contributed by atoms with Crippen LogP contribution >= 0.6 is 0 Å². The van der Waals surface area contributed by atoms with E-state index in [4.69, 9.17) is 5.26 Å². The molecule has 1 saturated heterocycles. The summed E-state index contributed by atoms with van der Waals surface area (Å²) < 4.78 is 0. The summed E-state index contributed by atoms with van der Waals surface area (Å²) in [6.45, 7) is 7.18. The molecule has 0 aliphatic carbocycles. The molecule has 0 bridgehead atoms. The van der Waals surface area contributed by atoms with Crippen molar-refractivity contribution in [3.63, 3.8) is 0 Å². The Morgan fingerprint density at radius 3 is 2.52 bits per heavy atom. The molecule has 0 radical (unpaired) electrons. The highest BCUT2D eigenvalue weighted by Crippen LogP contribution is 2.25. The van der Waals surface area contributed by atoms with Crippen LogP contribution in [0.5, 0.6) is 0 Å². The minimum atomic E-state index is -0.351. The molecular formula is C15H20N4O2. The van der Waals surface area contributed by atoms with Crippen molar-refractivity contribution in [3.8, 4) is 6.07 Å². The zero-order chi connectivity index (χ0) is 15.4. The number of rotatable bonds is 4. The van der Waals surface area contributed by atoms with E-state index in [1.165, 1.54) is 0 Å². The second kappa shape index (κ2) is 6.55. The topological polar surface area (TPSA) is 73.4 Å². The van der Waals surface area contributed by atoms with Gasteiger partial charge in [0.1, 0.15) is 0 Å². The van der Waals surface area contributed by atoms with Crippen LogP contribution in [0.25, 0.3) is 0 Å². The molecule has 0 saturated carbocycles. The average Bonchev–Trinajstić information content (AvgIpc) is 2.48. The van der Waals surface area contributed by atoms with Crippen molar-refractivity contribution in [2.75, 3.05) is 31.1 Å². The first-order valence-corrected chi connectivity index (χ1v) is 7.20. The number of nitro groups is 1. The summed E-state index contributed by atoms with van der Waals surface area (Å²) in [6.07, 6.45) is 0.840. The summed E-state index contributed by atoms with van der Waals surface area (Å²) in [6, 6.07) is 7.58. The maximum absolute atomic E-state index is 10.8. The van der Waals surface area contributed by atoms with Crippen molar-refractivity contribution >= 4 is 11.4 Å². The van der Waals surface area contributed by atoms with Crippen LogP contribution in [0.1, 0.15) is 18.9 Å². The Labute approximate surface area is 124 Å². The summed E-state index contributed by atoms with van der Waals surface area (Å²) >= 11 is 0. The zero-order valence-electron chi connectivity index (χ0n) is 12.5. The highest BCUT2D eigenvalue weighted by molar-refractivity contribution is 5.55. The fraction of sp³-hybridized carbons (Fsp3) is 0.533. The minimum absolute atomic E-state index is 0.00857. The molecule has 6 nitrogen and oxygen atoms in total. The Hall–Kier alpha value is -2.13. The molecule has 1 aliphatic rings. The molecule has 0 spiro atoms. The fourth-order valence-corrected chi connectivity index (χ4v) is 2.76. The second-order valence-electron chi connectivity index (χ2n) is 5.30. The van der Waals surface area contributed by atoms with Gasteiger partial charge in [-0.05, 0) is 25.5 Å². The lowest BCUT2D eigenvalue weighted by Crippen LogP contribution is -2.50. The third-order valence-corrected chi connectivity index (χ3v) is 4.03. The summed E-state index contributed by atoms with van der Waals surface area (Å²) in [5, 5.41) is 20.0. The molecule has 0 N–H and O–H groups in total. The van der Waals surface area contributed by atoms with Crippen LogP contribution in [0.15, 0.2) is 18.2 Å². The lowest BCUT2D eigenvalue weighted by atomic mass is 10.1. The fourth-order valence-electron chi connectivity index (χ4n) is 2.76. The van der Waals surface area contributed by atoms with Gasteiger partial charge in [-0.1, -0.05) is 6.92 Å². The summed E-state index contributed by atoms with van der Waals surface area (Å²) in [5.74, 6) is 0. The Morgan fingerprint density at radius 1 is 1.38 bits per heavy atom. The maximum Gasteiger partial charge on any atom is 0.272 e. The van der Waals surface area contributed by atoms with E-state index < -0.39 is 0 Å². The van der Waals surface area contributed by atoms with E-state index in [1.807, 2.05) is 19.1 Å².